The molecule has 3 rings (SSSR count). The zero-order valence-electron chi connectivity index (χ0n) is 14.5. The minimum atomic E-state index is -4.90. The lowest BCUT2D eigenvalue weighted by Crippen LogP contribution is -2.09. The smallest absolute Gasteiger partial charge is 0.446 e. The van der Waals surface area contributed by atoms with Crippen LogP contribution in [0.15, 0.2) is 39.5 Å². The summed E-state index contributed by atoms with van der Waals surface area (Å²) in [5.74, 6) is -1.70. The normalized spacial score (nSPS) is 11.4. The molecule has 0 bridgehead atoms. The largest absolute Gasteiger partial charge is 0.508 e. The molecule has 0 saturated heterocycles. The summed E-state index contributed by atoms with van der Waals surface area (Å²) in [6, 6.07) is 5.83. The summed E-state index contributed by atoms with van der Waals surface area (Å²) in [5, 5.41) is 19.6. The molecule has 3 N–H and O–H groups in total. The molecule has 1 aromatic heterocycles. The first-order valence-corrected chi connectivity index (χ1v) is 8.93. The molecule has 0 amide bonds. The minimum absolute atomic E-state index is 0.0223. The quantitative estimate of drug-likeness (QED) is 0.533. The molecule has 148 valence electrons. The molecule has 0 aliphatic heterocycles. The van der Waals surface area contributed by atoms with Crippen LogP contribution in [0.3, 0.4) is 0 Å². The summed E-state index contributed by atoms with van der Waals surface area (Å²) in [6.45, 7) is 0. The number of methoxy groups -OCH3 is 2. The summed E-state index contributed by atoms with van der Waals surface area (Å²) in [4.78, 5) is 12.9. The van der Waals surface area contributed by atoms with Crippen LogP contribution in [0.4, 0.5) is 0 Å². The second-order valence-corrected chi connectivity index (χ2v) is 6.53. The van der Waals surface area contributed by atoms with Crippen LogP contribution in [-0.4, -0.2) is 37.4 Å². The molecule has 0 atom stereocenters. The lowest BCUT2D eigenvalue weighted by Gasteiger charge is -2.12. The first kappa shape index (κ1) is 19.3. The van der Waals surface area contributed by atoms with Gasteiger partial charge < -0.3 is 28.3 Å². The van der Waals surface area contributed by atoms with Crippen molar-refractivity contribution in [2.45, 2.75) is 0 Å². The summed E-state index contributed by atoms with van der Waals surface area (Å²) in [7, 11) is -2.37. The van der Waals surface area contributed by atoms with Crippen molar-refractivity contribution in [3.05, 3.63) is 40.6 Å². The van der Waals surface area contributed by atoms with Crippen LogP contribution in [-0.2, 0) is 10.4 Å². The fraction of sp³-hybridized carbons (Fsp3) is 0.118. The Labute approximate surface area is 158 Å². The van der Waals surface area contributed by atoms with Crippen molar-refractivity contribution in [1.29, 1.82) is 0 Å². The maximum Gasteiger partial charge on any atom is 0.446 e. The lowest BCUT2D eigenvalue weighted by atomic mass is 10.1. The molecule has 0 spiro atoms. The van der Waals surface area contributed by atoms with Gasteiger partial charge in [0, 0.05) is 17.7 Å². The van der Waals surface area contributed by atoms with Gasteiger partial charge in [0.15, 0.2) is 17.3 Å². The van der Waals surface area contributed by atoms with Crippen molar-refractivity contribution in [3.8, 4) is 40.1 Å². The fourth-order valence-electron chi connectivity index (χ4n) is 2.63. The molecule has 0 radical (unpaired) electrons. The topological polar surface area (TPSA) is 153 Å². The molecular formula is C17H14O10S. The van der Waals surface area contributed by atoms with Crippen LogP contribution in [0.25, 0.3) is 22.3 Å². The van der Waals surface area contributed by atoms with Gasteiger partial charge in [-0.15, -0.1) is 0 Å². The number of fused-ring (bicyclic) bond motifs is 1. The number of ether oxygens (including phenoxy) is 2. The predicted molar refractivity (Wildman–Crippen MR) is 96.5 cm³/mol. The number of phenolic OH excluding ortho intramolecular Hbond substituents is 2. The van der Waals surface area contributed by atoms with Gasteiger partial charge in [0.1, 0.15) is 22.5 Å². The van der Waals surface area contributed by atoms with Crippen molar-refractivity contribution < 1.29 is 41.3 Å². The minimum Gasteiger partial charge on any atom is -0.508 e. The third-order valence-corrected chi connectivity index (χ3v) is 4.13. The monoisotopic (exact) mass is 410 g/mol. The highest BCUT2D eigenvalue weighted by atomic mass is 32.3. The molecule has 0 aliphatic carbocycles. The number of rotatable bonds is 5. The van der Waals surface area contributed by atoms with E-state index in [1.54, 1.807) is 0 Å². The summed E-state index contributed by atoms with van der Waals surface area (Å²) in [6.07, 6.45) is 0. The molecule has 0 unspecified atom stereocenters. The molecule has 2 aromatic carbocycles. The van der Waals surface area contributed by atoms with Gasteiger partial charge in [-0.2, -0.15) is 8.42 Å². The first-order valence-electron chi connectivity index (χ1n) is 7.56. The maximum absolute atomic E-state index is 12.9. The van der Waals surface area contributed by atoms with Crippen molar-refractivity contribution in [2.24, 2.45) is 0 Å². The Morgan fingerprint density at radius 3 is 2.32 bits per heavy atom. The molecule has 3 aromatic rings. The van der Waals surface area contributed by atoms with Gasteiger partial charge in [-0.05, 0) is 18.2 Å². The van der Waals surface area contributed by atoms with Crippen molar-refractivity contribution >= 4 is 21.4 Å². The summed E-state index contributed by atoms with van der Waals surface area (Å²) < 4.78 is 50.9. The van der Waals surface area contributed by atoms with Gasteiger partial charge in [0.25, 0.3) is 0 Å². The Balaban J connectivity index is 2.32. The molecule has 0 aliphatic rings. The average Bonchev–Trinajstić information content (AvgIpc) is 2.61. The molecule has 10 nitrogen and oxygen atoms in total. The van der Waals surface area contributed by atoms with E-state index in [4.69, 9.17) is 18.4 Å². The van der Waals surface area contributed by atoms with Crippen LogP contribution < -0.4 is 19.1 Å². The van der Waals surface area contributed by atoms with Gasteiger partial charge in [-0.3, -0.25) is 9.35 Å². The number of benzene rings is 2. The van der Waals surface area contributed by atoms with Crippen LogP contribution in [0.1, 0.15) is 0 Å². The molecule has 0 fully saturated rings. The molecule has 11 heteroatoms. The zero-order valence-corrected chi connectivity index (χ0v) is 15.3. The van der Waals surface area contributed by atoms with E-state index in [1.165, 1.54) is 32.4 Å². The number of aromatic hydroxyl groups is 2. The van der Waals surface area contributed by atoms with Gasteiger partial charge in [-0.25, -0.2) is 0 Å². The average molecular weight is 410 g/mol. The van der Waals surface area contributed by atoms with Crippen LogP contribution in [0, 0.1) is 0 Å². The Hall–Kier alpha value is -3.44. The Bertz CT molecular complexity index is 1230. The number of hydrogen-bond acceptors (Lipinski definition) is 9. The highest BCUT2D eigenvalue weighted by Gasteiger charge is 2.22. The molecule has 28 heavy (non-hydrogen) atoms. The maximum atomic E-state index is 12.9. The van der Waals surface area contributed by atoms with E-state index >= 15 is 0 Å². The Kier molecular flexibility index (Phi) is 4.79. The van der Waals surface area contributed by atoms with E-state index < -0.39 is 27.3 Å². The van der Waals surface area contributed by atoms with E-state index in [-0.39, 0.29) is 39.5 Å². The van der Waals surface area contributed by atoms with E-state index in [2.05, 4.69) is 4.18 Å². The molecule has 1 heterocycles. The van der Waals surface area contributed by atoms with E-state index in [0.29, 0.717) is 0 Å². The predicted octanol–water partition coefficient (Wildman–Crippen LogP) is 2.07. The standard InChI is InChI=1S/C17H14O10S/c1-24-12-6-9(18)7-13-14(12)15(20)17(25-2)16(26-13)8-3-4-10(19)11(5-8)27-28(21,22)23/h3-7,18-19H,1-2H3,(H,21,22,23). The Morgan fingerprint density at radius 2 is 1.71 bits per heavy atom. The molecule has 0 saturated carbocycles. The summed E-state index contributed by atoms with van der Waals surface area (Å²) >= 11 is 0. The van der Waals surface area contributed by atoms with Gasteiger partial charge in [0.05, 0.1) is 14.2 Å². The van der Waals surface area contributed by atoms with E-state index in [1.807, 2.05) is 0 Å². The zero-order chi connectivity index (χ0) is 20.6. The number of hydrogen-bond donors (Lipinski definition) is 3. The Morgan fingerprint density at radius 1 is 1.00 bits per heavy atom. The first-order chi connectivity index (χ1) is 13.1. The fourth-order valence-corrected chi connectivity index (χ4v) is 2.99. The number of phenols is 2. The van der Waals surface area contributed by atoms with Crippen LogP contribution in [0.5, 0.6) is 28.7 Å². The summed E-state index contributed by atoms with van der Waals surface area (Å²) in [5.41, 5.74) is -0.543. The highest BCUT2D eigenvalue weighted by Crippen LogP contribution is 2.39. The SMILES string of the molecule is COc1c(-c2ccc(O)c(OS(=O)(=O)O)c2)oc2cc(O)cc(OC)c2c1=O. The van der Waals surface area contributed by atoms with Gasteiger partial charge in [0.2, 0.25) is 11.2 Å². The van der Waals surface area contributed by atoms with Crippen molar-refractivity contribution in [3.63, 3.8) is 0 Å². The second kappa shape index (κ2) is 6.94. The second-order valence-electron chi connectivity index (χ2n) is 5.51. The van der Waals surface area contributed by atoms with Crippen LogP contribution >= 0.6 is 0 Å². The van der Waals surface area contributed by atoms with E-state index in [0.717, 1.165) is 12.1 Å². The third kappa shape index (κ3) is 3.52. The van der Waals surface area contributed by atoms with Crippen molar-refractivity contribution in [2.75, 3.05) is 14.2 Å². The van der Waals surface area contributed by atoms with Crippen LogP contribution in [0.2, 0.25) is 0 Å². The van der Waals surface area contributed by atoms with Crippen molar-refractivity contribution in [1.82, 2.24) is 0 Å². The molecular weight excluding hydrogens is 396 g/mol. The third-order valence-electron chi connectivity index (χ3n) is 3.74. The van der Waals surface area contributed by atoms with Gasteiger partial charge in [-0.1, -0.05) is 0 Å². The van der Waals surface area contributed by atoms with Gasteiger partial charge >= 0.3 is 10.4 Å². The lowest BCUT2D eigenvalue weighted by molar-refractivity contribution is 0.371. The highest BCUT2D eigenvalue weighted by molar-refractivity contribution is 7.81. The van der Waals surface area contributed by atoms with E-state index in [9.17, 15) is 23.4 Å².